The Morgan fingerprint density at radius 2 is 2.05 bits per heavy atom. The van der Waals surface area contributed by atoms with Gasteiger partial charge in [-0.05, 0) is 24.3 Å². The van der Waals surface area contributed by atoms with Crippen LogP contribution < -0.4 is 9.96 Å². The Morgan fingerprint density at radius 1 is 1.26 bits per heavy atom. The minimum Gasteiger partial charge on any atom is -0.494 e. The summed E-state index contributed by atoms with van der Waals surface area (Å²) in [4.78, 5) is 4.48. The van der Waals surface area contributed by atoms with Crippen molar-refractivity contribution in [3.05, 3.63) is 42.1 Å². The van der Waals surface area contributed by atoms with E-state index in [-0.39, 0.29) is 10.9 Å². The number of methoxy groups -OCH3 is 1. The summed E-state index contributed by atoms with van der Waals surface area (Å²) in [6, 6.07) is 10.4. The highest BCUT2D eigenvalue weighted by molar-refractivity contribution is 9.08. The second-order valence-corrected chi connectivity index (χ2v) is 4.39. The molecule has 0 saturated carbocycles. The number of benzene rings is 1. The lowest BCUT2D eigenvalue weighted by atomic mass is 10.1. The number of pyridine rings is 1. The molecule has 0 saturated heterocycles. The Bertz CT molecular complexity index is 576. The molecule has 0 aliphatic carbocycles. The Hall–Kier alpha value is -1.63. The van der Waals surface area contributed by atoms with Crippen LogP contribution in [0, 0.1) is 0 Å². The van der Waals surface area contributed by atoms with Crippen LogP contribution in [0.5, 0.6) is 5.75 Å². The van der Waals surface area contributed by atoms with E-state index in [4.69, 9.17) is 15.2 Å². The number of hydrogen-bond donors (Lipinski definition) is 2. The molecule has 1 heterocycles. The number of rotatable bonds is 4. The van der Waals surface area contributed by atoms with Gasteiger partial charge in [-0.15, -0.1) is 5.23 Å². The van der Waals surface area contributed by atoms with E-state index in [0.717, 1.165) is 11.3 Å². The Morgan fingerprint density at radius 3 is 2.68 bits per heavy atom. The van der Waals surface area contributed by atoms with Gasteiger partial charge in [0.2, 0.25) is 0 Å². The van der Waals surface area contributed by atoms with Gasteiger partial charge in [-0.1, -0.05) is 28.1 Å². The summed E-state index contributed by atoms with van der Waals surface area (Å²) in [6.45, 7) is 0. The molecule has 0 bridgehead atoms. The van der Waals surface area contributed by atoms with Crippen LogP contribution in [-0.4, -0.2) is 22.5 Å². The van der Waals surface area contributed by atoms with E-state index in [1.165, 1.54) is 0 Å². The normalized spacial score (nSPS) is 10.3. The summed E-state index contributed by atoms with van der Waals surface area (Å²) < 4.78 is 5.28. The maximum Gasteiger partial charge on any atom is 0.145 e. The van der Waals surface area contributed by atoms with E-state index in [0.29, 0.717) is 16.8 Å². The number of ether oxygens (including phenoxy) is 1. The highest BCUT2D eigenvalue weighted by atomic mass is 79.9. The van der Waals surface area contributed by atoms with Crippen LogP contribution in [0.1, 0.15) is 5.69 Å². The van der Waals surface area contributed by atoms with Gasteiger partial charge in [-0.3, -0.25) is 10.4 Å². The summed E-state index contributed by atoms with van der Waals surface area (Å²) in [5.41, 5.74) is 2.52. The molecular formula is C13H13BrN2O3. The molecule has 2 rings (SSSR count). The van der Waals surface area contributed by atoms with E-state index < -0.39 is 0 Å². The van der Waals surface area contributed by atoms with Crippen molar-refractivity contribution in [2.75, 3.05) is 12.3 Å². The van der Waals surface area contributed by atoms with Gasteiger partial charge in [0.25, 0.3) is 0 Å². The third-order valence-corrected chi connectivity index (χ3v) is 3.20. The number of nitrogens with zero attached hydrogens (tertiary/aromatic N) is 2. The molecule has 0 aliphatic heterocycles. The molecule has 100 valence electrons. The van der Waals surface area contributed by atoms with Gasteiger partial charge in [0.15, 0.2) is 0 Å². The lowest BCUT2D eigenvalue weighted by Gasteiger charge is -2.12. The van der Waals surface area contributed by atoms with Gasteiger partial charge in [0, 0.05) is 10.9 Å². The highest BCUT2D eigenvalue weighted by Gasteiger charge is 2.10. The number of alkyl halides is 1. The first kappa shape index (κ1) is 13.8. The Labute approximate surface area is 119 Å². The fourth-order valence-corrected chi connectivity index (χ4v) is 2.02. The second kappa shape index (κ2) is 6.01. The molecule has 0 fully saturated rings. The fraction of sp³-hybridized carbons (Fsp3) is 0.154. The van der Waals surface area contributed by atoms with Crippen molar-refractivity contribution in [2.24, 2.45) is 0 Å². The zero-order valence-corrected chi connectivity index (χ0v) is 11.8. The molecule has 0 aliphatic rings. The standard InChI is InChI=1S/C13H13BrN2O3/c1-19-12-6-5-10(8-14)15-13(12)9-3-2-4-11(7-9)16(17)18/h2-7,17-18H,8H2,1H3. The minimum absolute atomic E-state index is 0.0737. The third-order valence-electron chi connectivity index (χ3n) is 2.62. The molecule has 6 heteroatoms. The van der Waals surface area contributed by atoms with Crippen molar-refractivity contribution in [1.29, 1.82) is 0 Å². The van der Waals surface area contributed by atoms with Crippen molar-refractivity contribution in [3.8, 4) is 17.0 Å². The molecule has 0 radical (unpaired) electrons. The predicted octanol–water partition coefficient (Wildman–Crippen LogP) is 3.24. The van der Waals surface area contributed by atoms with Gasteiger partial charge in [0.1, 0.15) is 11.4 Å². The quantitative estimate of drug-likeness (QED) is 0.667. The number of hydrogen-bond acceptors (Lipinski definition) is 5. The van der Waals surface area contributed by atoms with Gasteiger partial charge in [-0.25, -0.2) is 4.98 Å². The molecule has 19 heavy (non-hydrogen) atoms. The first-order chi connectivity index (χ1) is 9.15. The van der Waals surface area contributed by atoms with Crippen LogP contribution in [0.4, 0.5) is 5.69 Å². The topological polar surface area (TPSA) is 65.8 Å². The lowest BCUT2D eigenvalue weighted by Crippen LogP contribution is -2.10. The van der Waals surface area contributed by atoms with Gasteiger partial charge in [-0.2, -0.15) is 0 Å². The third kappa shape index (κ3) is 3.04. The molecule has 0 unspecified atom stereocenters. The maximum atomic E-state index is 9.05. The van der Waals surface area contributed by atoms with Crippen molar-refractivity contribution in [3.63, 3.8) is 0 Å². The molecule has 5 nitrogen and oxygen atoms in total. The monoisotopic (exact) mass is 324 g/mol. The van der Waals surface area contributed by atoms with E-state index in [1.54, 1.807) is 25.3 Å². The van der Waals surface area contributed by atoms with E-state index >= 15 is 0 Å². The molecule has 0 atom stereocenters. The average molecular weight is 325 g/mol. The van der Waals surface area contributed by atoms with Crippen molar-refractivity contribution < 1.29 is 15.2 Å². The first-order valence-electron chi connectivity index (χ1n) is 5.54. The number of halogens is 1. The summed E-state index contributed by atoms with van der Waals surface area (Å²) in [5, 5.41) is 18.8. The number of aromatic nitrogens is 1. The van der Waals surface area contributed by atoms with Crippen LogP contribution in [0.3, 0.4) is 0 Å². The van der Waals surface area contributed by atoms with Crippen LogP contribution in [0.2, 0.25) is 0 Å². The SMILES string of the molecule is COc1ccc(CBr)nc1-c1cccc(N(O)O)c1. The summed E-state index contributed by atoms with van der Waals surface area (Å²) in [5.74, 6) is 0.629. The zero-order valence-electron chi connectivity index (χ0n) is 10.2. The predicted molar refractivity (Wildman–Crippen MR) is 74.9 cm³/mol. The van der Waals surface area contributed by atoms with E-state index in [1.807, 2.05) is 18.2 Å². The minimum atomic E-state index is 0.0737. The van der Waals surface area contributed by atoms with Crippen molar-refractivity contribution in [1.82, 2.24) is 4.98 Å². The van der Waals surface area contributed by atoms with Crippen LogP contribution >= 0.6 is 15.9 Å². The van der Waals surface area contributed by atoms with E-state index in [2.05, 4.69) is 20.9 Å². The second-order valence-electron chi connectivity index (χ2n) is 3.83. The first-order valence-corrected chi connectivity index (χ1v) is 6.66. The molecule has 1 aromatic carbocycles. The van der Waals surface area contributed by atoms with Crippen molar-refractivity contribution in [2.45, 2.75) is 5.33 Å². The Kier molecular flexibility index (Phi) is 4.36. The van der Waals surface area contributed by atoms with Gasteiger partial charge >= 0.3 is 0 Å². The van der Waals surface area contributed by atoms with E-state index in [9.17, 15) is 0 Å². The molecular weight excluding hydrogens is 312 g/mol. The van der Waals surface area contributed by atoms with Crippen LogP contribution in [0.15, 0.2) is 36.4 Å². The molecule has 1 aromatic heterocycles. The van der Waals surface area contributed by atoms with Crippen molar-refractivity contribution >= 4 is 21.6 Å². The molecule has 2 aromatic rings. The summed E-state index contributed by atoms with van der Waals surface area (Å²) in [7, 11) is 1.57. The molecule has 0 spiro atoms. The molecule has 0 amide bonds. The van der Waals surface area contributed by atoms with Crippen LogP contribution in [0.25, 0.3) is 11.3 Å². The summed E-state index contributed by atoms with van der Waals surface area (Å²) in [6.07, 6.45) is 0. The maximum absolute atomic E-state index is 9.05. The fourth-order valence-electron chi connectivity index (χ4n) is 1.71. The number of anilines is 1. The highest BCUT2D eigenvalue weighted by Crippen LogP contribution is 2.30. The zero-order chi connectivity index (χ0) is 13.8. The lowest BCUT2D eigenvalue weighted by molar-refractivity contribution is 0.0292. The van der Waals surface area contributed by atoms with Crippen LogP contribution in [-0.2, 0) is 5.33 Å². The van der Waals surface area contributed by atoms with Gasteiger partial charge < -0.3 is 4.74 Å². The van der Waals surface area contributed by atoms with Gasteiger partial charge in [0.05, 0.1) is 18.5 Å². The average Bonchev–Trinajstić information content (AvgIpc) is 2.46. The molecule has 2 N–H and O–H groups in total. The smallest absolute Gasteiger partial charge is 0.145 e. The summed E-state index contributed by atoms with van der Waals surface area (Å²) >= 11 is 3.36. The largest absolute Gasteiger partial charge is 0.494 e. The Balaban J connectivity index is 2.53.